The zero-order valence-corrected chi connectivity index (χ0v) is 15.3. The molecule has 2 N–H and O–H groups in total. The first-order valence-corrected chi connectivity index (χ1v) is 10.6. The van der Waals surface area contributed by atoms with Crippen molar-refractivity contribution in [3.63, 3.8) is 0 Å². The van der Waals surface area contributed by atoms with E-state index in [1.807, 2.05) is 0 Å². The highest BCUT2D eigenvalue weighted by Gasteiger charge is 2.22. The third-order valence-corrected chi connectivity index (χ3v) is 5.57. The van der Waals surface area contributed by atoms with Gasteiger partial charge in [-0.1, -0.05) is 65.2 Å². The second kappa shape index (κ2) is 13.3. The van der Waals surface area contributed by atoms with Gasteiger partial charge >= 0.3 is 0 Å². The summed E-state index contributed by atoms with van der Waals surface area (Å²) in [6.45, 7) is 4.27. The summed E-state index contributed by atoms with van der Waals surface area (Å²) in [5.41, 5.74) is 0. The molecule has 134 valence electrons. The quantitative estimate of drug-likeness (QED) is 0.335. The maximum Gasteiger partial charge on any atom is 0.267 e. The molecule has 0 bridgehead atoms. The number of aliphatic hydroxyl groups excluding tert-OH is 1. The highest BCUT2D eigenvalue weighted by molar-refractivity contribution is 7.86. The normalized spacial score (nSPS) is 14.9. The summed E-state index contributed by atoms with van der Waals surface area (Å²) in [7, 11) is -3.96. The average Bonchev–Trinajstić information content (AvgIpc) is 2.45. The first-order valence-electron chi connectivity index (χ1n) is 9.06. The van der Waals surface area contributed by atoms with Gasteiger partial charge in [0.1, 0.15) is 0 Å². The van der Waals surface area contributed by atoms with Crippen molar-refractivity contribution in [2.75, 3.05) is 0 Å². The zero-order chi connectivity index (χ0) is 16.8. The van der Waals surface area contributed by atoms with Gasteiger partial charge in [0.05, 0.1) is 11.4 Å². The number of hydrogen-bond acceptors (Lipinski definition) is 3. The average molecular weight is 337 g/mol. The summed E-state index contributed by atoms with van der Waals surface area (Å²) in [5.74, 6) is 0. The summed E-state index contributed by atoms with van der Waals surface area (Å²) in [4.78, 5) is 0. The Morgan fingerprint density at radius 1 is 0.727 bits per heavy atom. The molecule has 2 unspecified atom stereocenters. The number of rotatable bonds is 15. The SMILES string of the molecule is CCCCCCC(O)CCCC(CCCCCC)S(=O)(=O)O. The number of aliphatic hydroxyl groups is 1. The molecule has 0 amide bonds. The Morgan fingerprint density at radius 3 is 1.68 bits per heavy atom. The highest BCUT2D eigenvalue weighted by atomic mass is 32.2. The van der Waals surface area contributed by atoms with Crippen LogP contribution in [0.4, 0.5) is 0 Å². The van der Waals surface area contributed by atoms with E-state index in [9.17, 15) is 18.1 Å². The van der Waals surface area contributed by atoms with Crippen molar-refractivity contribution in [1.82, 2.24) is 0 Å². The van der Waals surface area contributed by atoms with Gasteiger partial charge in [-0.15, -0.1) is 0 Å². The van der Waals surface area contributed by atoms with Crippen LogP contribution in [0.3, 0.4) is 0 Å². The minimum Gasteiger partial charge on any atom is -0.393 e. The van der Waals surface area contributed by atoms with Gasteiger partial charge in [0, 0.05) is 0 Å². The largest absolute Gasteiger partial charge is 0.393 e. The lowest BCUT2D eigenvalue weighted by Crippen LogP contribution is -2.21. The first-order chi connectivity index (χ1) is 10.4. The summed E-state index contributed by atoms with van der Waals surface area (Å²) in [5, 5.41) is 9.24. The Hall–Kier alpha value is -0.130. The summed E-state index contributed by atoms with van der Waals surface area (Å²) >= 11 is 0. The van der Waals surface area contributed by atoms with Gasteiger partial charge in [-0.05, 0) is 32.1 Å². The van der Waals surface area contributed by atoms with E-state index in [2.05, 4.69) is 13.8 Å². The van der Waals surface area contributed by atoms with Crippen molar-refractivity contribution < 1.29 is 18.1 Å². The molecule has 0 aliphatic rings. The molecular formula is C17H36O4S. The maximum atomic E-state index is 11.4. The van der Waals surface area contributed by atoms with Gasteiger partial charge in [0.2, 0.25) is 0 Å². The van der Waals surface area contributed by atoms with Crippen molar-refractivity contribution in [3.05, 3.63) is 0 Å². The minimum absolute atomic E-state index is 0.334. The molecule has 0 aromatic carbocycles. The Balaban J connectivity index is 3.92. The van der Waals surface area contributed by atoms with E-state index in [1.165, 1.54) is 12.8 Å². The fourth-order valence-corrected chi connectivity index (χ4v) is 3.70. The zero-order valence-electron chi connectivity index (χ0n) is 14.5. The molecule has 5 heteroatoms. The van der Waals surface area contributed by atoms with E-state index in [4.69, 9.17) is 0 Å². The second-order valence-electron chi connectivity index (χ2n) is 6.42. The number of unbranched alkanes of at least 4 members (excludes halogenated alkanes) is 6. The van der Waals surface area contributed by atoms with Crippen LogP contribution in [0.1, 0.15) is 97.3 Å². The van der Waals surface area contributed by atoms with E-state index in [-0.39, 0.29) is 6.10 Å². The van der Waals surface area contributed by atoms with Gasteiger partial charge in [-0.25, -0.2) is 0 Å². The molecule has 0 spiro atoms. The van der Waals surface area contributed by atoms with Crippen LogP contribution in [0.2, 0.25) is 0 Å². The van der Waals surface area contributed by atoms with Gasteiger partial charge in [-0.2, -0.15) is 8.42 Å². The van der Waals surface area contributed by atoms with Crippen molar-refractivity contribution in [1.29, 1.82) is 0 Å². The van der Waals surface area contributed by atoms with Crippen LogP contribution in [0.15, 0.2) is 0 Å². The third-order valence-electron chi connectivity index (χ3n) is 4.26. The molecule has 4 nitrogen and oxygen atoms in total. The Bertz CT molecular complexity index is 341. The van der Waals surface area contributed by atoms with Gasteiger partial charge in [0.25, 0.3) is 10.1 Å². The molecule has 0 fully saturated rings. The van der Waals surface area contributed by atoms with Gasteiger partial charge in [-0.3, -0.25) is 4.55 Å². The third kappa shape index (κ3) is 12.4. The van der Waals surface area contributed by atoms with Crippen molar-refractivity contribution in [2.45, 2.75) is 109 Å². The first kappa shape index (κ1) is 21.9. The highest BCUT2D eigenvalue weighted by Crippen LogP contribution is 2.19. The predicted molar refractivity (Wildman–Crippen MR) is 92.7 cm³/mol. The summed E-state index contributed by atoms with van der Waals surface area (Å²) in [6.07, 6.45) is 11.4. The van der Waals surface area contributed by atoms with Crippen LogP contribution in [-0.2, 0) is 10.1 Å². The van der Waals surface area contributed by atoms with Crippen LogP contribution < -0.4 is 0 Å². The lowest BCUT2D eigenvalue weighted by Gasteiger charge is -2.15. The fourth-order valence-electron chi connectivity index (χ4n) is 2.77. The van der Waals surface area contributed by atoms with E-state index in [0.29, 0.717) is 25.7 Å². The van der Waals surface area contributed by atoms with Crippen LogP contribution in [0, 0.1) is 0 Å². The predicted octanol–water partition coefficient (Wildman–Crippen LogP) is 4.71. The Labute approximate surface area is 137 Å². The van der Waals surface area contributed by atoms with E-state index < -0.39 is 15.4 Å². The molecule has 0 saturated heterocycles. The van der Waals surface area contributed by atoms with Crippen LogP contribution in [0.5, 0.6) is 0 Å². The fraction of sp³-hybridized carbons (Fsp3) is 1.00. The molecule has 2 atom stereocenters. The molecule has 0 heterocycles. The number of hydrogen-bond donors (Lipinski definition) is 2. The summed E-state index contributed by atoms with van der Waals surface area (Å²) < 4.78 is 32.1. The minimum atomic E-state index is -3.96. The monoisotopic (exact) mass is 336 g/mol. The molecule has 0 rings (SSSR count). The van der Waals surface area contributed by atoms with E-state index in [1.54, 1.807) is 0 Å². The smallest absolute Gasteiger partial charge is 0.267 e. The van der Waals surface area contributed by atoms with Gasteiger partial charge < -0.3 is 5.11 Å². The summed E-state index contributed by atoms with van der Waals surface area (Å²) in [6, 6.07) is 0. The van der Waals surface area contributed by atoms with Gasteiger partial charge in [0.15, 0.2) is 0 Å². The molecule has 0 aromatic heterocycles. The van der Waals surface area contributed by atoms with Crippen molar-refractivity contribution in [2.24, 2.45) is 0 Å². The van der Waals surface area contributed by atoms with Crippen molar-refractivity contribution in [3.8, 4) is 0 Å². The van der Waals surface area contributed by atoms with E-state index in [0.717, 1.165) is 44.9 Å². The maximum absolute atomic E-state index is 11.4. The molecule has 0 aliphatic heterocycles. The standard InChI is InChI=1S/C17H36O4S/c1-3-5-7-9-12-16(18)13-11-15-17(22(19,20)21)14-10-8-6-4-2/h16-18H,3-15H2,1-2H3,(H,19,20,21). The van der Waals surface area contributed by atoms with Crippen LogP contribution in [-0.4, -0.2) is 29.4 Å². The molecule has 0 radical (unpaired) electrons. The second-order valence-corrected chi connectivity index (χ2v) is 8.12. The van der Waals surface area contributed by atoms with Crippen LogP contribution in [0.25, 0.3) is 0 Å². The Morgan fingerprint density at radius 2 is 1.18 bits per heavy atom. The molecular weight excluding hydrogens is 300 g/mol. The molecule has 0 aliphatic carbocycles. The molecule has 0 saturated carbocycles. The lowest BCUT2D eigenvalue weighted by atomic mass is 10.0. The lowest BCUT2D eigenvalue weighted by molar-refractivity contribution is 0.147. The topological polar surface area (TPSA) is 74.6 Å². The van der Waals surface area contributed by atoms with Crippen LogP contribution >= 0.6 is 0 Å². The molecule has 22 heavy (non-hydrogen) atoms. The van der Waals surface area contributed by atoms with Crippen molar-refractivity contribution >= 4 is 10.1 Å². The Kier molecular flexibility index (Phi) is 13.2. The molecule has 0 aromatic rings. The van der Waals surface area contributed by atoms with E-state index >= 15 is 0 Å².